The van der Waals surface area contributed by atoms with Crippen LogP contribution in [0.1, 0.15) is 35.3 Å². The van der Waals surface area contributed by atoms with E-state index in [1.807, 2.05) is 43.3 Å². The number of anilines is 1. The minimum absolute atomic E-state index is 0.0335. The molecule has 0 unspecified atom stereocenters. The summed E-state index contributed by atoms with van der Waals surface area (Å²) in [5.74, 6) is -0.248. The minimum atomic E-state index is -3.41. The molecule has 0 heterocycles. The van der Waals surface area contributed by atoms with E-state index in [0.29, 0.717) is 29.2 Å². The number of benzene rings is 2. The molecule has 0 saturated carbocycles. The second-order valence-electron chi connectivity index (χ2n) is 6.71. The van der Waals surface area contributed by atoms with Crippen LogP contribution in [-0.2, 0) is 10.0 Å². The maximum Gasteiger partial charge on any atom is 0.251 e. The Labute approximate surface area is 171 Å². The van der Waals surface area contributed by atoms with Gasteiger partial charge in [-0.2, -0.15) is 0 Å². The van der Waals surface area contributed by atoms with Crippen molar-refractivity contribution in [3.05, 3.63) is 64.7 Å². The van der Waals surface area contributed by atoms with E-state index in [2.05, 4.69) is 10.0 Å². The van der Waals surface area contributed by atoms with Crippen LogP contribution in [0, 0.1) is 0 Å². The van der Waals surface area contributed by atoms with Gasteiger partial charge in [-0.1, -0.05) is 42.8 Å². The summed E-state index contributed by atoms with van der Waals surface area (Å²) in [5.41, 5.74) is 1.68. The molecule has 0 aromatic heterocycles. The van der Waals surface area contributed by atoms with E-state index >= 15 is 0 Å². The second-order valence-corrected chi connectivity index (χ2v) is 8.96. The second kappa shape index (κ2) is 9.91. The van der Waals surface area contributed by atoms with Crippen molar-refractivity contribution >= 4 is 33.2 Å². The Hall–Kier alpha value is -2.09. The summed E-state index contributed by atoms with van der Waals surface area (Å²) in [6.07, 6.45) is 0.517. The van der Waals surface area contributed by atoms with E-state index in [9.17, 15) is 13.2 Å². The number of carbonyl (C=O) groups excluding carboxylic acids is 1. The molecule has 2 rings (SSSR count). The molecule has 0 spiro atoms. The van der Waals surface area contributed by atoms with Crippen LogP contribution in [0.3, 0.4) is 0 Å². The maximum atomic E-state index is 12.6. The number of likely N-dealkylation sites (N-methyl/N-ethyl adjacent to an activating group) is 1. The van der Waals surface area contributed by atoms with Gasteiger partial charge in [0.2, 0.25) is 10.0 Å². The molecule has 1 amide bonds. The lowest BCUT2D eigenvalue weighted by Gasteiger charge is -2.26. The van der Waals surface area contributed by atoms with Crippen LogP contribution in [0.2, 0.25) is 5.02 Å². The van der Waals surface area contributed by atoms with E-state index < -0.39 is 10.0 Å². The predicted molar refractivity (Wildman–Crippen MR) is 114 cm³/mol. The van der Waals surface area contributed by atoms with Crippen LogP contribution in [0.4, 0.5) is 5.69 Å². The Morgan fingerprint density at radius 3 is 2.50 bits per heavy atom. The van der Waals surface area contributed by atoms with Crippen LogP contribution in [0.15, 0.2) is 48.5 Å². The molecule has 0 aliphatic rings. The van der Waals surface area contributed by atoms with Crippen molar-refractivity contribution < 1.29 is 13.2 Å². The van der Waals surface area contributed by atoms with Gasteiger partial charge in [-0.25, -0.2) is 8.42 Å². The number of nitrogens with one attached hydrogen (secondary N) is 2. The fraction of sp³-hybridized carbons (Fsp3) is 0.350. The number of nitrogens with zero attached hydrogens (tertiary/aromatic N) is 1. The zero-order chi connectivity index (χ0) is 20.7. The van der Waals surface area contributed by atoms with Crippen molar-refractivity contribution in [2.75, 3.05) is 31.1 Å². The highest BCUT2D eigenvalue weighted by molar-refractivity contribution is 7.92. The predicted octanol–water partition coefficient (Wildman–Crippen LogP) is 3.52. The zero-order valence-electron chi connectivity index (χ0n) is 16.3. The van der Waals surface area contributed by atoms with Gasteiger partial charge < -0.3 is 10.2 Å². The van der Waals surface area contributed by atoms with Crippen LogP contribution < -0.4 is 10.0 Å². The molecule has 0 bridgehead atoms. The first-order chi connectivity index (χ1) is 13.2. The highest BCUT2D eigenvalue weighted by atomic mass is 35.5. The molecule has 28 heavy (non-hydrogen) atoms. The molecule has 0 saturated heterocycles. The number of sulfonamides is 1. The lowest BCUT2D eigenvalue weighted by Crippen LogP contribution is -2.34. The molecule has 0 radical (unpaired) electrons. The summed E-state index contributed by atoms with van der Waals surface area (Å²) >= 11 is 6.30. The summed E-state index contributed by atoms with van der Waals surface area (Å²) in [5, 5.41) is 3.55. The highest BCUT2D eigenvalue weighted by Gasteiger charge is 2.18. The third-order valence-electron chi connectivity index (χ3n) is 4.21. The number of carbonyl (C=O) groups is 1. The first kappa shape index (κ1) is 22.2. The first-order valence-electron chi connectivity index (χ1n) is 9.03. The monoisotopic (exact) mass is 423 g/mol. The number of halogens is 1. The Bertz CT molecular complexity index is 916. The van der Waals surface area contributed by atoms with Crippen LogP contribution in [0.5, 0.6) is 0 Å². The summed E-state index contributed by atoms with van der Waals surface area (Å²) in [4.78, 5) is 14.6. The van der Waals surface area contributed by atoms with E-state index in [1.165, 1.54) is 6.07 Å². The van der Waals surface area contributed by atoms with Crippen molar-refractivity contribution in [1.29, 1.82) is 0 Å². The topological polar surface area (TPSA) is 78.5 Å². The largest absolute Gasteiger partial charge is 0.350 e. The fourth-order valence-corrected chi connectivity index (χ4v) is 4.22. The number of hydrogen-bond acceptors (Lipinski definition) is 4. The van der Waals surface area contributed by atoms with Crippen molar-refractivity contribution in [3.8, 4) is 0 Å². The Balaban J connectivity index is 2.10. The molecular weight excluding hydrogens is 398 g/mol. The minimum Gasteiger partial charge on any atom is -0.350 e. The van der Waals surface area contributed by atoms with Gasteiger partial charge in [-0.15, -0.1) is 0 Å². The smallest absolute Gasteiger partial charge is 0.251 e. The van der Waals surface area contributed by atoms with E-state index in [4.69, 9.17) is 11.6 Å². The van der Waals surface area contributed by atoms with Crippen molar-refractivity contribution in [2.45, 2.75) is 19.4 Å². The summed E-state index contributed by atoms with van der Waals surface area (Å²) in [6, 6.07) is 13.9. The molecule has 0 aliphatic heterocycles. The lowest BCUT2D eigenvalue weighted by molar-refractivity contribution is 0.0942. The molecule has 6 nitrogen and oxygen atoms in total. The number of hydrogen-bond donors (Lipinski definition) is 2. The molecule has 2 aromatic rings. The third kappa shape index (κ3) is 6.22. The normalized spacial score (nSPS) is 12.6. The highest BCUT2D eigenvalue weighted by Crippen LogP contribution is 2.25. The molecule has 152 valence electrons. The van der Waals surface area contributed by atoms with Gasteiger partial charge in [-0.05, 0) is 50.3 Å². The summed E-state index contributed by atoms with van der Waals surface area (Å²) in [6.45, 7) is 2.16. The molecule has 8 heteroatoms. The summed E-state index contributed by atoms with van der Waals surface area (Å²) < 4.78 is 26.4. The lowest BCUT2D eigenvalue weighted by atomic mass is 10.1. The first-order valence-corrected chi connectivity index (χ1v) is 11.1. The van der Waals surface area contributed by atoms with Gasteiger partial charge in [0, 0.05) is 22.8 Å². The molecular formula is C20H26ClN3O3S. The van der Waals surface area contributed by atoms with E-state index in [0.717, 1.165) is 5.56 Å². The average molecular weight is 424 g/mol. The van der Waals surface area contributed by atoms with Crippen LogP contribution >= 0.6 is 11.6 Å². The Morgan fingerprint density at radius 2 is 1.86 bits per heavy atom. The van der Waals surface area contributed by atoms with E-state index in [1.54, 1.807) is 25.1 Å². The summed E-state index contributed by atoms with van der Waals surface area (Å²) in [7, 11) is 0.432. The van der Waals surface area contributed by atoms with Gasteiger partial charge >= 0.3 is 0 Å². The molecule has 0 fully saturated rings. The SMILES string of the molecule is CCCS(=O)(=O)Nc1cccc(C(=O)NC[C@@H](c2ccccc2Cl)N(C)C)c1. The molecule has 0 aliphatic carbocycles. The fourth-order valence-electron chi connectivity index (χ4n) is 2.83. The van der Waals surface area contributed by atoms with Crippen molar-refractivity contribution in [1.82, 2.24) is 10.2 Å². The van der Waals surface area contributed by atoms with Gasteiger partial charge in [0.15, 0.2) is 0 Å². The molecule has 2 aromatic carbocycles. The van der Waals surface area contributed by atoms with Crippen molar-refractivity contribution in [3.63, 3.8) is 0 Å². The Kier molecular flexibility index (Phi) is 7.86. The standard InChI is InChI=1S/C20H26ClN3O3S/c1-4-12-28(26,27)23-16-9-7-8-15(13-16)20(25)22-14-19(24(2)3)17-10-5-6-11-18(17)21/h5-11,13,19,23H,4,12,14H2,1-3H3,(H,22,25)/t19-/m0/s1. The average Bonchev–Trinajstić information content (AvgIpc) is 2.62. The third-order valence-corrected chi connectivity index (χ3v) is 6.05. The van der Waals surface area contributed by atoms with Gasteiger partial charge in [-0.3, -0.25) is 9.52 Å². The zero-order valence-corrected chi connectivity index (χ0v) is 17.8. The van der Waals surface area contributed by atoms with Gasteiger partial charge in [0.1, 0.15) is 0 Å². The Morgan fingerprint density at radius 1 is 1.14 bits per heavy atom. The van der Waals surface area contributed by atoms with Gasteiger partial charge in [0.05, 0.1) is 11.8 Å². The maximum absolute atomic E-state index is 12.6. The van der Waals surface area contributed by atoms with Crippen LogP contribution in [-0.4, -0.2) is 45.6 Å². The molecule has 2 N–H and O–H groups in total. The van der Waals surface area contributed by atoms with E-state index in [-0.39, 0.29) is 17.7 Å². The number of amides is 1. The molecule has 1 atom stereocenters. The van der Waals surface area contributed by atoms with Gasteiger partial charge in [0.25, 0.3) is 5.91 Å². The van der Waals surface area contributed by atoms with Crippen LogP contribution in [0.25, 0.3) is 0 Å². The quantitative estimate of drug-likeness (QED) is 0.646. The number of rotatable bonds is 9. The van der Waals surface area contributed by atoms with Crippen molar-refractivity contribution in [2.24, 2.45) is 0 Å².